The molecule has 0 atom stereocenters. The number of nitrogens with zero attached hydrogens (tertiary/aromatic N) is 2. The van der Waals surface area contributed by atoms with E-state index in [4.69, 9.17) is 9.88 Å². The Morgan fingerprint density at radius 2 is 2.07 bits per heavy atom. The van der Waals surface area contributed by atoms with Gasteiger partial charge in [0, 0.05) is 19.2 Å². The lowest BCUT2D eigenvalue weighted by molar-refractivity contribution is 0.0997. The van der Waals surface area contributed by atoms with Crippen LogP contribution in [0.3, 0.4) is 0 Å². The number of ether oxygens (including phenoxy) is 1. The van der Waals surface area contributed by atoms with Crippen molar-refractivity contribution in [2.24, 2.45) is 10.1 Å². The zero-order valence-corrected chi connectivity index (χ0v) is 15.9. The summed E-state index contributed by atoms with van der Waals surface area (Å²) in [6, 6.07) is 9.69. The van der Waals surface area contributed by atoms with E-state index in [1.165, 1.54) is 30.3 Å². The lowest BCUT2D eigenvalue weighted by atomic mass is 10.2. The number of methoxy groups -OCH3 is 1. The van der Waals surface area contributed by atoms with Crippen LogP contribution in [0.15, 0.2) is 52.4 Å². The number of rotatable bonds is 5. The molecule has 0 aliphatic carbocycles. The van der Waals surface area contributed by atoms with Crippen LogP contribution in [0.2, 0.25) is 0 Å². The van der Waals surface area contributed by atoms with Gasteiger partial charge in [0.2, 0.25) is 10.0 Å². The lowest BCUT2D eigenvalue weighted by Gasteiger charge is -2.05. The Balaban J connectivity index is 2.16. The first-order chi connectivity index (χ1) is 12.8. The molecule has 0 spiro atoms. The topological polar surface area (TPSA) is 104 Å². The van der Waals surface area contributed by atoms with Crippen LogP contribution >= 0.6 is 11.3 Å². The number of thiazole rings is 1. The zero-order valence-electron chi connectivity index (χ0n) is 14.3. The Morgan fingerprint density at radius 3 is 2.74 bits per heavy atom. The van der Waals surface area contributed by atoms with Crippen LogP contribution in [0.25, 0.3) is 10.2 Å². The molecule has 10 heteroatoms. The second-order valence-corrected chi connectivity index (χ2v) is 8.20. The van der Waals surface area contributed by atoms with Gasteiger partial charge in [-0.2, -0.15) is 4.99 Å². The Kier molecular flexibility index (Phi) is 5.51. The molecule has 1 amide bonds. The van der Waals surface area contributed by atoms with Crippen LogP contribution in [-0.4, -0.2) is 32.6 Å². The van der Waals surface area contributed by atoms with E-state index in [2.05, 4.69) is 4.99 Å². The van der Waals surface area contributed by atoms with Gasteiger partial charge in [-0.15, -0.1) is 0 Å². The maximum Gasteiger partial charge on any atom is 0.279 e. The number of halogens is 1. The second-order valence-electron chi connectivity index (χ2n) is 5.63. The fourth-order valence-electron chi connectivity index (χ4n) is 2.49. The summed E-state index contributed by atoms with van der Waals surface area (Å²) in [5, 5.41) is 5.18. The Labute approximate surface area is 158 Å². The number of hydrogen-bond donors (Lipinski definition) is 1. The molecule has 3 aromatic rings. The van der Waals surface area contributed by atoms with Crippen molar-refractivity contribution in [3.05, 3.63) is 58.6 Å². The SMILES string of the molecule is COCCn1c(=NC(=O)c2cccc(F)c2)sc2cc(S(N)(=O)=O)ccc21. The largest absolute Gasteiger partial charge is 0.383 e. The van der Waals surface area contributed by atoms with Gasteiger partial charge in [0.05, 0.1) is 21.7 Å². The van der Waals surface area contributed by atoms with Crippen molar-refractivity contribution < 1.29 is 22.3 Å². The molecular formula is C17H16FN3O4S2. The Morgan fingerprint density at radius 1 is 1.30 bits per heavy atom. The van der Waals surface area contributed by atoms with E-state index in [1.54, 1.807) is 17.7 Å². The molecule has 142 valence electrons. The van der Waals surface area contributed by atoms with Crippen molar-refractivity contribution in [3.63, 3.8) is 0 Å². The first-order valence-electron chi connectivity index (χ1n) is 7.79. The summed E-state index contributed by atoms with van der Waals surface area (Å²) in [6.45, 7) is 0.768. The highest BCUT2D eigenvalue weighted by Crippen LogP contribution is 2.21. The fraction of sp³-hybridized carbons (Fsp3) is 0.176. The molecule has 0 radical (unpaired) electrons. The molecule has 1 heterocycles. The monoisotopic (exact) mass is 409 g/mol. The van der Waals surface area contributed by atoms with E-state index < -0.39 is 21.7 Å². The van der Waals surface area contributed by atoms with Gasteiger partial charge in [0.15, 0.2) is 4.80 Å². The summed E-state index contributed by atoms with van der Waals surface area (Å²) in [6.07, 6.45) is 0. The van der Waals surface area contributed by atoms with Crippen molar-refractivity contribution in [2.45, 2.75) is 11.4 Å². The molecule has 0 bridgehead atoms. The molecular weight excluding hydrogens is 393 g/mol. The minimum atomic E-state index is -3.85. The highest BCUT2D eigenvalue weighted by Gasteiger charge is 2.14. The molecule has 7 nitrogen and oxygen atoms in total. The van der Waals surface area contributed by atoms with Crippen LogP contribution in [0.4, 0.5) is 4.39 Å². The number of fused-ring (bicyclic) bond motifs is 1. The van der Waals surface area contributed by atoms with E-state index in [0.717, 1.165) is 17.4 Å². The summed E-state index contributed by atoms with van der Waals surface area (Å²) in [7, 11) is -2.31. The molecule has 3 rings (SSSR count). The molecule has 27 heavy (non-hydrogen) atoms. The van der Waals surface area contributed by atoms with Gasteiger partial charge in [-0.3, -0.25) is 4.79 Å². The van der Waals surface area contributed by atoms with E-state index >= 15 is 0 Å². The van der Waals surface area contributed by atoms with Crippen molar-refractivity contribution in [1.29, 1.82) is 0 Å². The third kappa shape index (κ3) is 4.30. The maximum atomic E-state index is 13.4. The van der Waals surface area contributed by atoms with Gasteiger partial charge < -0.3 is 9.30 Å². The van der Waals surface area contributed by atoms with Crippen LogP contribution in [0, 0.1) is 5.82 Å². The predicted octanol–water partition coefficient (Wildman–Crippen LogP) is 1.88. The molecule has 2 aromatic carbocycles. The highest BCUT2D eigenvalue weighted by molar-refractivity contribution is 7.89. The Bertz CT molecular complexity index is 1180. The number of amides is 1. The summed E-state index contributed by atoms with van der Waals surface area (Å²) >= 11 is 1.14. The number of benzene rings is 2. The molecule has 1 aromatic heterocycles. The fourth-order valence-corrected chi connectivity index (χ4v) is 4.20. The lowest BCUT2D eigenvalue weighted by Crippen LogP contribution is -2.19. The van der Waals surface area contributed by atoms with Crippen molar-refractivity contribution >= 4 is 37.5 Å². The summed E-state index contributed by atoms with van der Waals surface area (Å²) in [5.74, 6) is -1.13. The van der Waals surface area contributed by atoms with E-state index in [0.29, 0.717) is 28.2 Å². The number of nitrogens with two attached hydrogens (primary N) is 1. The van der Waals surface area contributed by atoms with Gasteiger partial charge in [-0.25, -0.2) is 17.9 Å². The van der Waals surface area contributed by atoms with Gasteiger partial charge in [0.25, 0.3) is 5.91 Å². The molecule has 0 fully saturated rings. The predicted molar refractivity (Wildman–Crippen MR) is 99.4 cm³/mol. The summed E-state index contributed by atoms with van der Waals surface area (Å²) in [5.41, 5.74) is 0.811. The van der Waals surface area contributed by atoms with Crippen LogP contribution in [-0.2, 0) is 21.3 Å². The number of carbonyl (C=O) groups excluding carboxylic acids is 1. The molecule has 0 saturated carbocycles. The number of sulfonamides is 1. The normalized spacial score (nSPS) is 12.6. The Hall–Kier alpha value is -2.40. The summed E-state index contributed by atoms with van der Waals surface area (Å²) < 4.78 is 43.9. The number of aromatic nitrogens is 1. The first kappa shape index (κ1) is 19.4. The van der Waals surface area contributed by atoms with Crippen LogP contribution < -0.4 is 9.94 Å². The van der Waals surface area contributed by atoms with E-state index in [1.807, 2.05) is 0 Å². The number of carbonyl (C=O) groups is 1. The molecule has 0 aliphatic rings. The minimum Gasteiger partial charge on any atom is -0.383 e. The number of primary sulfonamides is 1. The minimum absolute atomic E-state index is 0.0295. The smallest absolute Gasteiger partial charge is 0.279 e. The van der Waals surface area contributed by atoms with E-state index in [9.17, 15) is 17.6 Å². The van der Waals surface area contributed by atoms with Crippen molar-refractivity contribution in [1.82, 2.24) is 4.57 Å². The van der Waals surface area contributed by atoms with Crippen molar-refractivity contribution in [3.8, 4) is 0 Å². The molecule has 0 aliphatic heterocycles. The first-order valence-corrected chi connectivity index (χ1v) is 10.2. The quantitative estimate of drug-likeness (QED) is 0.695. The second kappa shape index (κ2) is 7.69. The average Bonchev–Trinajstić information content (AvgIpc) is 2.95. The average molecular weight is 409 g/mol. The molecule has 0 unspecified atom stereocenters. The van der Waals surface area contributed by atoms with Crippen LogP contribution in [0.1, 0.15) is 10.4 Å². The van der Waals surface area contributed by atoms with Gasteiger partial charge in [-0.05, 0) is 36.4 Å². The third-order valence-electron chi connectivity index (χ3n) is 3.77. The molecule has 2 N–H and O–H groups in total. The standard InChI is InChI=1S/C17H16FN3O4S2/c1-25-8-7-21-14-6-5-13(27(19,23)24)10-15(14)26-17(21)20-16(22)11-3-2-4-12(18)9-11/h2-6,9-10H,7-8H2,1H3,(H2,19,23,24). The molecule has 0 saturated heterocycles. The highest BCUT2D eigenvalue weighted by atomic mass is 32.2. The van der Waals surface area contributed by atoms with Gasteiger partial charge in [0.1, 0.15) is 5.82 Å². The van der Waals surface area contributed by atoms with E-state index in [-0.39, 0.29) is 10.5 Å². The third-order valence-corrected chi connectivity index (χ3v) is 5.72. The van der Waals surface area contributed by atoms with Crippen LogP contribution in [0.5, 0.6) is 0 Å². The summed E-state index contributed by atoms with van der Waals surface area (Å²) in [4.78, 5) is 16.8. The van der Waals surface area contributed by atoms with Crippen molar-refractivity contribution in [2.75, 3.05) is 13.7 Å². The van der Waals surface area contributed by atoms with Gasteiger partial charge in [-0.1, -0.05) is 17.4 Å². The number of hydrogen-bond acceptors (Lipinski definition) is 5. The zero-order chi connectivity index (χ0) is 19.6. The maximum absolute atomic E-state index is 13.4. The van der Waals surface area contributed by atoms with Gasteiger partial charge >= 0.3 is 0 Å².